The average molecular weight is 594 g/mol. The number of rotatable bonds is 13. The molecule has 4 amide bonds. The number of nitrogens with one attached hydrogen (secondary N) is 5. The first-order chi connectivity index (χ1) is 20.5. The Morgan fingerprint density at radius 3 is 2.51 bits per heavy atom. The van der Waals surface area contributed by atoms with E-state index < -0.39 is 46.9 Å². The van der Waals surface area contributed by atoms with Crippen LogP contribution in [0.2, 0.25) is 0 Å². The SMILES string of the molecule is CO[C@@H]1C[C@]1(NC(=O)[C@H](CC(=O)NOC(C)(C)C)NC(=O)CCc1ccccc1)C(=O)NCc1cccc2c1NCCC2. The second-order valence-electron chi connectivity index (χ2n) is 12.1. The number of benzene rings is 2. The van der Waals surface area contributed by atoms with Crippen molar-refractivity contribution in [3.05, 3.63) is 65.2 Å². The van der Waals surface area contributed by atoms with Gasteiger partial charge in [-0.3, -0.25) is 24.0 Å². The molecule has 0 bridgehead atoms. The summed E-state index contributed by atoms with van der Waals surface area (Å²) < 4.78 is 5.47. The molecule has 43 heavy (non-hydrogen) atoms. The van der Waals surface area contributed by atoms with Gasteiger partial charge in [-0.25, -0.2) is 5.48 Å². The van der Waals surface area contributed by atoms with E-state index in [0.717, 1.165) is 36.2 Å². The summed E-state index contributed by atoms with van der Waals surface area (Å²) in [6.45, 7) is 6.45. The molecule has 1 aliphatic carbocycles. The van der Waals surface area contributed by atoms with Gasteiger partial charge >= 0.3 is 0 Å². The van der Waals surface area contributed by atoms with Crippen LogP contribution in [0.3, 0.4) is 0 Å². The van der Waals surface area contributed by atoms with Crippen LogP contribution in [0.4, 0.5) is 5.69 Å². The maximum absolute atomic E-state index is 13.6. The molecule has 1 fully saturated rings. The van der Waals surface area contributed by atoms with Crippen molar-refractivity contribution >= 4 is 29.3 Å². The molecular formula is C32H43N5O6. The standard InChI is InChI=1S/C32H43N5O6/c1-31(2,3)43-37-27(39)18-24(35-26(38)16-15-21-10-6-5-7-11-21)29(40)36-32(19-25(32)42-4)30(41)34-20-23-13-8-12-22-14-9-17-33-28(22)23/h5-8,10-13,24-25,33H,9,14-20H2,1-4H3,(H,34,41)(H,35,38)(H,36,40)(H,37,39)/t24-,25+,32+/m0/s1. The van der Waals surface area contributed by atoms with Gasteiger partial charge in [-0.2, -0.15) is 0 Å². The Labute approximate surface area is 252 Å². The van der Waals surface area contributed by atoms with Crippen LogP contribution in [0.5, 0.6) is 0 Å². The Hall–Kier alpha value is -3.96. The molecule has 5 N–H and O–H groups in total. The van der Waals surface area contributed by atoms with Gasteiger partial charge in [0.25, 0.3) is 0 Å². The summed E-state index contributed by atoms with van der Waals surface area (Å²) in [6, 6.07) is 14.3. The number of fused-ring (bicyclic) bond motifs is 1. The normalized spacial score (nSPS) is 19.7. The lowest BCUT2D eigenvalue weighted by atomic mass is 9.99. The van der Waals surface area contributed by atoms with Gasteiger partial charge < -0.3 is 26.0 Å². The van der Waals surface area contributed by atoms with E-state index in [0.29, 0.717) is 6.42 Å². The van der Waals surface area contributed by atoms with Crippen LogP contribution in [-0.4, -0.2) is 60.6 Å². The van der Waals surface area contributed by atoms with Crippen LogP contribution in [-0.2, 0) is 48.1 Å². The molecule has 0 spiro atoms. The number of aryl methyl sites for hydroxylation is 2. The number of amides is 4. The highest BCUT2D eigenvalue weighted by molar-refractivity contribution is 5.99. The maximum atomic E-state index is 13.6. The van der Waals surface area contributed by atoms with Crippen LogP contribution in [0.25, 0.3) is 0 Å². The number of carbonyl (C=O) groups excluding carboxylic acids is 4. The Bertz CT molecular complexity index is 1310. The highest BCUT2D eigenvalue weighted by Crippen LogP contribution is 2.39. The van der Waals surface area contributed by atoms with Crippen molar-refractivity contribution in [3.63, 3.8) is 0 Å². The zero-order valence-electron chi connectivity index (χ0n) is 25.4. The van der Waals surface area contributed by atoms with Crippen LogP contribution >= 0.6 is 0 Å². The third-order valence-electron chi connectivity index (χ3n) is 7.53. The quantitative estimate of drug-likeness (QED) is 0.224. The van der Waals surface area contributed by atoms with Crippen LogP contribution in [0, 0.1) is 0 Å². The van der Waals surface area contributed by atoms with E-state index in [9.17, 15) is 19.2 Å². The summed E-state index contributed by atoms with van der Waals surface area (Å²) in [5.74, 6) is -2.03. The highest BCUT2D eigenvalue weighted by Gasteiger charge is 2.62. The molecule has 0 saturated heterocycles. The molecule has 4 rings (SSSR count). The third kappa shape index (κ3) is 8.77. The van der Waals surface area contributed by atoms with Crippen LogP contribution in [0.1, 0.15) is 63.1 Å². The minimum atomic E-state index is -1.32. The lowest BCUT2D eigenvalue weighted by Crippen LogP contribution is -2.57. The van der Waals surface area contributed by atoms with Gasteiger partial charge in [0.2, 0.25) is 23.6 Å². The number of para-hydroxylation sites is 1. The van der Waals surface area contributed by atoms with E-state index in [-0.39, 0.29) is 25.8 Å². The van der Waals surface area contributed by atoms with Crippen LogP contribution < -0.4 is 26.7 Å². The number of ether oxygens (including phenoxy) is 1. The van der Waals surface area contributed by atoms with E-state index in [2.05, 4.69) is 32.8 Å². The Balaban J connectivity index is 1.43. The maximum Gasteiger partial charge on any atom is 0.248 e. The molecule has 2 aromatic rings. The van der Waals surface area contributed by atoms with E-state index >= 15 is 0 Å². The van der Waals surface area contributed by atoms with Crippen molar-refractivity contribution in [1.29, 1.82) is 0 Å². The second kappa shape index (κ2) is 14.0. The summed E-state index contributed by atoms with van der Waals surface area (Å²) in [5.41, 5.74) is 4.55. The minimum absolute atomic E-state index is 0.121. The van der Waals surface area contributed by atoms with E-state index in [1.807, 2.05) is 42.5 Å². The summed E-state index contributed by atoms with van der Waals surface area (Å²) in [7, 11) is 1.48. The second-order valence-corrected chi connectivity index (χ2v) is 12.1. The van der Waals surface area contributed by atoms with Gasteiger partial charge in [-0.15, -0.1) is 0 Å². The number of methoxy groups -OCH3 is 1. The van der Waals surface area contributed by atoms with Crippen molar-refractivity contribution < 1.29 is 28.8 Å². The van der Waals surface area contributed by atoms with Crippen molar-refractivity contribution in [1.82, 2.24) is 21.4 Å². The largest absolute Gasteiger partial charge is 0.385 e. The van der Waals surface area contributed by atoms with E-state index in [1.165, 1.54) is 12.7 Å². The molecule has 1 saturated carbocycles. The van der Waals surface area contributed by atoms with Crippen LogP contribution in [0.15, 0.2) is 48.5 Å². The van der Waals surface area contributed by atoms with Gasteiger partial charge in [-0.05, 0) is 56.7 Å². The summed E-state index contributed by atoms with van der Waals surface area (Å²) in [5, 5.41) is 11.9. The first-order valence-corrected chi connectivity index (χ1v) is 14.8. The van der Waals surface area contributed by atoms with Crippen molar-refractivity contribution in [3.8, 4) is 0 Å². The number of hydroxylamine groups is 1. The molecular weight excluding hydrogens is 550 g/mol. The van der Waals surface area contributed by atoms with Gasteiger partial charge in [0.05, 0.1) is 18.1 Å². The smallest absolute Gasteiger partial charge is 0.248 e. The molecule has 0 aromatic heterocycles. The molecule has 11 nitrogen and oxygen atoms in total. The average Bonchev–Trinajstić information content (AvgIpc) is 3.71. The van der Waals surface area contributed by atoms with Gasteiger partial charge in [0.15, 0.2) is 0 Å². The third-order valence-corrected chi connectivity index (χ3v) is 7.53. The van der Waals surface area contributed by atoms with E-state index in [4.69, 9.17) is 9.57 Å². The van der Waals surface area contributed by atoms with E-state index in [1.54, 1.807) is 20.8 Å². The molecule has 2 aliphatic rings. The predicted octanol–water partition coefficient (Wildman–Crippen LogP) is 2.29. The molecule has 11 heteroatoms. The first kappa shape index (κ1) is 32.0. The van der Waals surface area contributed by atoms with Crippen molar-refractivity contribution in [2.75, 3.05) is 19.0 Å². The summed E-state index contributed by atoms with van der Waals surface area (Å²) >= 11 is 0. The molecule has 1 aliphatic heterocycles. The topological polar surface area (TPSA) is 147 Å². The highest BCUT2D eigenvalue weighted by atomic mass is 16.7. The predicted molar refractivity (Wildman–Crippen MR) is 162 cm³/mol. The fourth-order valence-corrected chi connectivity index (χ4v) is 5.13. The monoisotopic (exact) mass is 593 g/mol. The van der Waals surface area contributed by atoms with Crippen molar-refractivity contribution in [2.45, 2.75) is 89.1 Å². The van der Waals surface area contributed by atoms with Crippen molar-refractivity contribution in [2.24, 2.45) is 0 Å². The van der Waals surface area contributed by atoms with Gasteiger partial charge in [0.1, 0.15) is 11.6 Å². The Morgan fingerprint density at radius 2 is 1.81 bits per heavy atom. The zero-order chi connectivity index (χ0) is 31.0. The molecule has 1 heterocycles. The van der Waals surface area contributed by atoms with Gasteiger partial charge in [-0.1, -0.05) is 48.5 Å². The lowest BCUT2D eigenvalue weighted by Gasteiger charge is -2.25. The fourth-order valence-electron chi connectivity index (χ4n) is 5.13. The number of hydrogen-bond acceptors (Lipinski definition) is 7. The molecule has 2 aromatic carbocycles. The number of carbonyl (C=O) groups is 4. The molecule has 0 unspecified atom stereocenters. The molecule has 3 atom stereocenters. The lowest BCUT2D eigenvalue weighted by molar-refractivity contribution is -0.147. The number of hydrogen-bond donors (Lipinski definition) is 5. The fraction of sp³-hybridized carbons (Fsp3) is 0.500. The first-order valence-electron chi connectivity index (χ1n) is 14.8. The summed E-state index contributed by atoms with van der Waals surface area (Å²) in [6.07, 6.45) is 1.95. The van der Waals surface area contributed by atoms with Gasteiger partial charge in [0, 0.05) is 38.7 Å². The summed E-state index contributed by atoms with van der Waals surface area (Å²) in [4.78, 5) is 58.0. The Kier molecular flexibility index (Phi) is 10.4. The minimum Gasteiger partial charge on any atom is -0.385 e. The zero-order valence-corrected chi connectivity index (χ0v) is 25.4. The molecule has 0 radical (unpaired) electrons. The number of anilines is 1. The Morgan fingerprint density at radius 1 is 1.05 bits per heavy atom. The molecule has 232 valence electrons.